The van der Waals surface area contributed by atoms with Crippen LogP contribution in [-0.2, 0) is 0 Å². The summed E-state index contributed by atoms with van der Waals surface area (Å²) in [6, 6.07) is 28.9. The van der Waals surface area contributed by atoms with Gasteiger partial charge in [-0.3, -0.25) is 9.89 Å². The maximum absolute atomic E-state index is 5.12. The van der Waals surface area contributed by atoms with Gasteiger partial charge in [0.1, 0.15) is 6.17 Å². The molecule has 26 heavy (non-hydrogen) atoms. The lowest BCUT2D eigenvalue weighted by Gasteiger charge is -2.14. The van der Waals surface area contributed by atoms with Gasteiger partial charge in [-0.1, -0.05) is 88.2 Å². The van der Waals surface area contributed by atoms with Crippen LogP contribution in [0.2, 0.25) is 0 Å². The zero-order valence-corrected chi connectivity index (χ0v) is 16.1. The molecule has 3 aromatic carbocycles. The Morgan fingerprint density at radius 3 is 2.15 bits per heavy atom. The van der Waals surface area contributed by atoms with E-state index in [1.807, 2.05) is 0 Å². The van der Waals surface area contributed by atoms with E-state index in [2.05, 4.69) is 107 Å². The van der Waals surface area contributed by atoms with Crippen LogP contribution in [0, 0.1) is 6.92 Å². The summed E-state index contributed by atoms with van der Waals surface area (Å²) in [5, 5.41) is 0. The van der Waals surface area contributed by atoms with Crippen molar-refractivity contribution < 1.29 is 0 Å². The lowest BCUT2D eigenvalue weighted by atomic mass is 10.0. The fraction of sp³-hybridized carbons (Fsp3) is 0.174. The molecule has 0 aromatic heterocycles. The second-order valence-electron chi connectivity index (χ2n) is 7.05. The van der Waals surface area contributed by atoms with Crippen molar-refractivity contribution >= 4 is 21.6 Å². The Morgan fingerprint density at radius 1 is 0.769 bits per heavy atom. The van der Waals surface area contributed by atoms with Crippen molar-refractivity contribution in [3.8, 4) is 0 Å². The zero-order valence-electron chi connectivity index (χ0n) is 14.5. The predicted molar refractivity (Wildman–Crippen MR) is 109 cm³/mol. The van der Waals surface area contributed by atoms with Crippen molar-refractivity contribution in [1.29, 1.82) is 0 Å². The molecule has 2 heterocycles. The Balaban J connectivity index is 1.56. The lowest BCUT2D eigenvalue weighted by Crippen LogP contribution is -2.08. The highest BCUT2D eigenvalue weighted by Gasteiger charge is 2.59. The molecule has 3 aromatic rings. The minimum atomic E-state index is 0.0922. The third-order valence-electron chi connectivity index (χ3n) is 5.33. The van der Waals surface area contributed by atoms with Crippen molar-refractivity contribution in [3.63, 3.8) is 0 Å². The van der Waals surface area contributed by atoms with Gasteiger partial charge in [-0.2, -0.15) is 0 Å². The van der Waals surface area contributed by atoms with E-state index in [1.165, 1.54) is 28.0 Å². The molecule has 1 saturated heterocycles. The molecule has 5 rings (SSSR count). The van der Waals surface area contributed by atoms with Gasteiger partial charge in [-0.25, -0.2) is 0 Å². The molecule has 128 valence electrons. The van der Waals surface area contributed by atoms with E-state index < -0.39 is 0 Å². The largest absolute Gasteiger partial charge is 0.263 e. The average molecular weight is 403 g/mol. The van der Waals surface area contributed by atoms with Crippen LogP contribution in [0.5, 0.6) is 0 Å². The molecule has 0 amide bonds. The first-order valence-corrected chi connectivity index (χ1v) is 9.74. The Morgan fingerprint density at radius 2 is 1.46 bits per heavy atom. The highest BCUT2D eigenvalue weighted by Crippen LogP contribution is 2.55. The lowest BCUT2D eigenvalue weighted by molar-refractivity contribution is 0.404. The second kappa shape index (κ2) is 6.19. The Kier molecular flexibility index (Phi) is 3.80. The normalized spacial score (nSPS) is 26.3. The summed E-state index contributed by atoms with van der Waals surface area (Å²) in [5.41, 5.74) is 6.36. The monoisotopic (exact) mass is 402 g/mol. The summed E-state index contributed by atoms with van der Waals surface area (Å²) >= 11 is 3.53. The third-order valence-corrected chi connectivity index (χ3v) is 5.86. The van der Waals surface area contributed by atoms with Crippen molar-refractivity contribution in [2.75, 3.05) is 0 Å². The second-order valence-corrected chi connectivity index (χ2v) is 7.97. The summed E-state index contributed by atoms with van der Waals surface area (Å²) in [6.07, 6.45) is 0.0922. The van der Waals surface area contributed by atoms with Gasteiger partial charge in [0.2, 0.25) is 0 Å². The van der Waals surface area contributed by atoms with Gasteiger partial charge in [-0.15, -0.1) is 0 Å². The van der Waals surface area contributed by atoms with Crippen LogP contribution < -0.4 is 0 Å². The van der Waals surface area contributed by atoms with Crippen LogP contribution in [0.25, 0.3) is 0 Å². The number of rotatable bonds is 3. The van der Waals surface area contributed by atoms with E-state index in [4.69, 9.17) is 4.99 Å². The standard InChI is InChI=1S/C23H19BrN2/c1-15-7-9-16(10-8-15)20-22-21(17-5-3-2-4-6-17)26(22)23(25-20)18-11-13-19(24)14-12-18/h2-14,21-23H,1H3/t21-,22-,23+,26?/m1/s1. The molecule has 2 nitrogen and oxygen atoms in total. The van der Waals surface area contributed by atoms with Crippen LogP contribution in [0.15, 0.2) is 88.3 Å². The summed E-state index contributed by atoms with van der Waals surface area (Å²) in [5.74, 6) is 0. The molecular weight excluding hydrogens is 384 g/mol. The third kappa shape index (κ3) is 2.63. The highest BCUT2D eigenvalue weighted by molar-refractivity contribution is 9.10. The Labute approximate surface area is 162 Å². The number of nitrogens with zero attached hydrogens (tertiary/aromatic N) is 2. The molecule has 3 heteroatoms. The Bertz CT molecular complexity index is 961. The van der Waals surface area contributed by atoms with Crippen molar-refractivity contribution in [1.82, 2.24) is 4.90 Å². The smallest absolute Gasteiger partial charge is 0.129 e. The van der Waals surface area contributed by atoms with Gasteiger partial charge >= 0.3 is 0 Å². The molecule has 0 spiro atoms. The summed E-state index contributed by atoms with van der Waals surface area (Å²) < 4.78 is 1.10. The maximum atomic E-state index is 5.12. The van der Waals surface area contributed by atoms with Crippen LogP contribution in [0.1, 0.15) is 34.5 Å². The van der Waals surface area contributed by atoms with E-state index in [0.717, 1.165) is 4.47 Å². The first kappa shape index (κ1) is 16.0. The number of benzene rings is 3. The van der Waals surface area contributed by atoms with Crippen LogP contribution >= 0.6 is 15.9 Å². The molecule has 0 aliphatic carbocycles. The van der Waals surface area contributed by atoms with Crippen LogP contribution in [-0.4, -0.2) is 16.7 Å². The number of hydrogen-bond donors (Lipinski definition) is 0. The van der Waals surface area contributed by atoms with Gasteiger partial charge in [-0.05, 0) is 35.7 Å². The van der Waals surface area contributed by atoms with E-state index in [9.17, 15) is 0 Å². The molecule has 2 aliphatic rings. The van der Waals surface area contributed by atoms with Crippen LogP contribution in [0.4, 0.5) is 0 Å². The average Bonchev–Trinajstić information content (AvgIpc) is 3.29. The molecule has 0 radical (unpaired) electrons. The first-order chi connectivity index (χ1) is 12.7. The maximum Gasteiger partial charge on any atom is 0.129 e. The molecule has 2 aliphatic heterocycles. The summed E-state index contributed by atoms with van der Waals surface area (Å²) in [4.78, 5) is 7.64. The minimum absolute atomic E-state index is 0.0922. The molecule has 1 fully saturated rings. The summed E-state index contributed by atoms with van der Waals surface area (Å²) in [7, 11) is 0. The molecular formula is C23H19BrN2. The zero-order chi connectivity index (χ0) is 17.7. The SMILES string of the molecule is Cc1ccc(C2=N[C@H](c3ccc(Br)cc3)N3[C@H]2[C@H]3c2ccccc2)cc1. The van der Waals surface area contributed by atoms with Gasteiger partial charge in [0, 0.05) is 4.47 Å². The molecule has 0 saturated carbocycles. The van der Waals surface area contributed by atoms with Gasteiger partial charge in [0.25, 0.3) is 0 Å². The molecule has 4 atom stereocenters. The topological polar surface area (TPSA) is 15.4 Å². The van der Waals surface area contributed by atoms with Gasteiger partial charge < -0.3 is 0 Å². The number of aliphatic imine (C=N–C) groups is 1. The fourth-order valence-corrected chi connectivity index (χ4v) is 4.24. The summed E-state index contributed by atoms with van der Waals surface area (Å²) in [6.45, 7) is 2.13. The molecule has 0 N–H and O–H groups in total. The fourth-order valence-electron chi connectivity index (χ4n) is 3.97. The van der Waals surface area contributed by atoms with Crippen LogP contribution in [0.3, 0.4) is 0 Å². The minimum Gasteiger partial charge on any atom is -0.263 e. The van der Waals surface area contributed by atoms with Crippen molar-refractivity contribution in [2.45, 2.75) is 25.2 Å². The van der Waals surface area contributed by atoms with E-state index in [-0.39, 0.29) is 6.17 Å². The van der Waals surface area contributed by atoms with Crippen molar-refractivity contribution in [2.24, 2.45) is 4.99 Å². The van der Waals surface area contributed by atoms with Gasteiger partial charge in [0.15, 0.2) is 0 Å². The number of aryl methyl sites for hydroxylation is 1. The molecule has 0 bridgehead atoms. The molecule has 1 unspecified atom stereocenters. The predicted octanol–water partition coefficient (Wildman–Crippen LogP) is 5.68. The van der Waals surface area contributed by atoms with E-state index in [1.54, 1.807) is 0 Å². The van der Waals surface area contributed by atoms with Gasteiger partial charge in [0.05, 0.1) is 17.8 Å². The number of fused-ring (bicyclic) bond motifs is 1. The van der Waals surface area contributed by atoms with E-state index >= 15 is 0 Å². The highest BCUT2D eigenvalue weighted by atomic mass is 79.9. The number of hydrogen-bond acceptors (Lipinski definition) is 2. The van der Waals surface area contributed by atoms with Crippen molar-refractivity contribution in [3.05, 3.63) is 106 Å². The van der Waals surface area contributed by atoms with E-state index in [0.29, 0.717) is 12.1 Å². The first-order valence-electron chi connectivity index (χ1n) is 8.95. The Hall–Kier alpha value is -2.23. The quantitative estimate of drug-likeness (QED) is 0.514. The number of halogens is 1.